The van der Waals surface area contributed by atoms with Gasteiger partial charge in [0, 0.05) is 19.7 Å². The summed E-state index contributed by atoms with van der Waals surface area (Å²) in [4.78, 5) is 25.8. The number of hydrogen-bond donors (Lipinski definition) is 0. The Balaban J connectivity index is 1.87. The molecule has 10 heteroatoms. The molecule has 35 heavy (non-hydrogen) atoms. The summed E-state index contributed by atoms with van der Waals surface area (Å²) in [5, 5.41) is 0. The Kier molecular flexibility index (Phi) is 6.40. The third-order valence-corrected chi connectivity index (χ3v) is 7.39. The summed E-state index contributed by atoms with van der Waals surface area (Å²) < 4.78 is 41.9. The highest BCUT2D eigenvalue weighted by molar-refractivity contribution is 7.93. The zero-order chi connectivity index (χ0) is 25.3. The van der Waals surface area contributed by atoms with E-state index in [1.807, 2.05) is 6.92 Å². The van der Waals surface area contributed by atoms with Gasteiger partial charge in [0.2, 0.25) is 0 Å². The molecule has 0 aliphatic rings. The molecular weight excluding hydrogens is 470 g/mol. The Labute approximate surface area is 202 Å². The average Bonchev–Trinajstić information content (AvgIpc) is 3.08. The minimum Gasteiger partial charge on any atom is -0.497 e. The molecule has 0 unspecified atom stereocenters. The van der Waals surface area contributed by atoms with Crippen molar-refractivity contribution in [1.29, 1.82) is 0 Å². The largest absolute Gasteiger partial charge is 0.497 e. The maximum Gasteiger partial charge on any atom is 0.328 e. The lowest BCUT2D eigenvalue weighted by molar-refractivity contribution is 0.101. The maximum absolute atomic E-state index is 13.9. The summed E-state index contributed by atoms with van der Waals surface area (Å²) in [5.74, 6) is 0.345. The molecule has 1 heterocycles. The molecule has 4 rings (SSSR count). The van der Waals surface area contributed by atoms with Gasteiger partial charge in [0.15, 0.2) is 0 Å². The minimum atomic E-state index is -4.37. The van der Waals surface area contributed by atoms with Crippen LogP contribution in [0.1, 0.15) is 17.3 Å². The maximum atomic E-state index is 13.9. The molecule has 3 aromatic carbocycles. The van der Waals surface area contributed by atoms with Crippen LogP contribution in [0.3, 0.4) is 0 Å². The monoisotopic (exact) mass is 495 g/mol. The molecule has 182 valence electrons. The fourth-order valence-electron chi connectivity index (χ4n) is 3.81. The van der Waals surface area contributed by atoms with Gasteiger partial charge in [0.1, 0.15) is 11.5 Å². The molecule has 0 spiro atoms. The van der Waals surface area contributed by atoms with E-state index in [-0.39, 0.29) is 21.8 Å². The second-order valence-electron chi connectivity index (χ2n) is 7.78. The van der Waals surface area contributed by atoms with Crippen molar-refractivity contribution in [2.24, 2.45) is 14.1 Å². The van der Waals surface area contributed by atoms with Crippen molar-refractivity contribution in [2.75, 3.05) is 18.0 Å². The molecule has 0 fully saturated rings. The lowest BCUT2D eigenvalue weighted by Crippen LogP contribution is -2.37. The number of anilines is 1. The Hall–Kier alpha value is -4.05. The topological polar surface area (TPSA) is 99.8 Å². The quantitative estimate of drug-likeness (QED) is 0.390. The first-order chi connectivity index (χ1) is 16.7. The third-order valence-electron chi connectivity index (χ3n) is 5.69. The summed E-state index contributed by atoms with van der Waals surface area (Å²) in [6.07, 6.45) is 0. The van der Waals surface area contributed by atoms with E-state index < -0.39 is 15.9 Å². The number of nitrogens with zero attached hydrogens (tertiary/aromatic N) is 3. The fraction of sp³-hybridized carbons (Fsp3) is 0.200. The lowest BCUT2D eigenvalue weighted by Gasteiger charge is -2.23. The number of fused-ring (bicyclic) bond motifs is 1. The van der Waals surface area contributed by atoms with E-state index in [9.17, 15) is 18.0 Å². The number of aromatic nitrogens is 2. The van der Waals surface area contributed by atoms with Crippen LogP contribution in [0.15, 0.2) is 76.4 Å². The van der Waals surface area contributed by atoms with Gasteiger partial charge in [-0.1, -0.05) is 0 Å². The van der Waals surface area contributed by atoms with Crippen molar-refractivity contribution in [3.63, 3.8) is 0 Å². The van der Waals surface area contributed by atoms with Gasteiger partial charge in [-0.05, 0) is 73.7 Å². The first kappa shape index (κ1) is 24.1. The molecule has 0 aliphatic carbocycles. The molecule has 0 radical (unpaired) electrons. The minimum absolute atomic E-state index is 0.123. The highest BCUT2D eigenvalue weighted by Gasteiger charge is 2.32. The van der Waals surface area contributed by atoms with Crippen LogP contribution >= 0.6 is 0 Å². The normalized spacial score (nSPS) is 11.4. The Morgan fingerprint density at radius 2 is 1.49 bits per heavy atom. The van der Waals surface area contributed by atoms with E-state index >= 15 is 0 Å². The molecule has 1 aromatic heterocycles. The van der Waals surface area contributed by atoms with E-state index in [2.05, 4.69) is 0 Å². The molecule has 9 nitrogen and oxygen atoms in total. The highest BCUT2D eigenvalue weighted by Crippen LogP contribution is 2.29. The number of ether oxygens (including phenoxy) is 2. The van der Waals surface area contributed by atoms with E-state index in [0.29, 0.717) is 29.1 Å². The van der Waals surface area contributed by atoms with E-state index in [1.54, 1.807) is 44.4 Å². The van der Waals surface area contributed by atoms with E-state index in [4.69, 9.17) is 9.47 Å². The molecule has 0 saturated carbocycles. The molecule has 0 saturated heterocycles. The predicted octanol–water partition coefficient (Wildman–Crippen LogP) is 3.32. The van der Waals surface area contributed by atoms with Crippen molar-refractivity contribution in [3.05, 3.63) is 82.8 Å². The van der Waals surface area contributed by atoms with Crippen LogP contribution in [0.4, 0.5) is 5.69 Å². The fourth-order valence-corrected chi connectivity index (χ4v) is 5.25. The average molecular weight is 496 g/mol. The van der Waals surface area contributed by atoms with Gasteiger partial charge in [-0.15, -0.1) is 0 Å². The van der Waals surface area contributed by atoms with Crippen LogP contribution in [0.5, 0.6) is 11.5 Å². The number of rotatable bonds is 7. The molecule has 0 aliphatic heterocycles. The predicted molar refractivity (Wildman–Crippen MR) is 133 cm³/mol. The third kappa shape index (κ3) is 4.28. The first-order valence-corrected chi connectivity index (χ1v) is 12.2. The zero-order valence-corrected chi connectivity index (χ0v) is 20.6. The SMILES string of the molecule is CCOc1ccc(N(C(=O)c2ccc(OC)cc2)S(=O)(=O)c2ccc3c(c2)n(C)c(=O)n3C)cc1. The smallest absolute Gasteiger partial charge is 0.328 e. The number of imidazole rings is 1. The number of methoxy groups -OCH3 is 1. The number of sulfonamides is 1. The molecule has 0 bridgehead atoms. The van der Waals surface area contributed by atoms with Gasteiger partial charge in [0.25, 0.3) is 15.9 Å². The van der Waals surface area contributed by atoms with E-state index in [1.165, 1.54) is 52.6 Å². The zero-order valence-electron chi connectivity index (χ0n) is 19.8. The summed E-state index contributed by atoms with van der Waals surface area (Å²) >= 11 is 0. The van der Waals surface area contributed by atoms with Gasteiger partial charge in [-0.2, -0.15) is 4.31 Å². The summed E-state index contributed by atoms with van der Waals surface area (Å²) in [6, 6.07) is 16.8. The van der Waals surface area contributed by atoms with Crippen molar-refractivity contribution < 1.29 is 22.7 Å². The Morgan fingerprint density at radius 3 is 2.09 bits per heavy atom. The molecule has 1 amide bonds. The number of aryl methyl sites for hydroxylation is 2. The van der Waals surface area contributed by atoms with Crippen LogP contribution in [-0.4, -0.2) is 37.2 Å². The Morgan fingerprint density at radius 1 is 0.886 bits per heavy atom. The molecular formula is C25H25N3O6S. The number of carbonyl (C=O) groups excluding carboxylic acids is 1. The van der Waals surface area contributed by atoms with Gasteiger partial charge < -0.3 is 9.47 Å². The first-order valence-electron chi connectivity index (χ1n) is 10.8. The van der Waals surface area contributed by atoms with Crippen molar-refractivity contribution in [2.45, 2.75) is 11.8 Å². The number of benzene rings is 3. The van der Waals surface area contributed by atoms with E-state index in [0.717, 1.165) is 4.31 Å². The van der Waals surface area contributed by atoms with Gasteiger partial charge in [-0.25, -0.2) is 13.2 Å². The highest BCUT2D eigenvalue weighted by atomic mass is 32.2. The summed E-state index contributed by atoms with van der Waals surface area (Å²) in [6.45, 7) is 2.28. The standard InChI is InChI=1S/C25H25N3O6S/c1-5-34-20-12-8-18(9-13-20)28(24(29)17-6-10-19(33-4)11-7-17)35(31,32)21-14-15-22-23(16-21)27(3)25(30)26(22)2/h6-16H,5H2,1-4H3. The van der Waals surface area contributed by atoms with Crippen LogP contribution in [0.2, 0.25) is 0 Å². The lowest BCUT2D eigenvalue weighted by atomic mass is 10.2. The van der Waals surface area contributed by atoms with Crippen molar-refractivity contribution in [3.8, 4) is 11.5 Å². The number of amides is 1. The number of hydrogen-bond acceptors (Lipinski definition) is 6. The summed E-state index contributed by atoms with van der Waals surface area (Å²) in [5.41, 5.74) is 1.03. The summed E-state index contributed by atoms with van der Waals surface area (Å²) in [7, 11) is 0.306. The van der Waals surface area contributed by atoms with Crippen LogP contribution in [0.25, 0.3) is 11.0 Å². The molecule has 0 N–H and O–H groups in total. The van der Waals surface area contributed by atoms with Gasteiger partial charge in [-0.3, -0.25) is 13.9 Å². The Bertz CT molecular complexity index is 1550. The van der Waals surface area contributed by atoms with Crippen molar-refractivity contribution in [1.82, 2.24) is 9.13 Å². The molecule has 4 aromatic rings. The van der Waals surface area contributed by atoms with Crippen LogP contribution < -0.4 is 19.5 Å². The second kappa shape index (κ2) is 9.30. The number of carbonyl (C=O) groups is 1. The van der Waals surface area contributed by atoms with Crippen molar-refractivity contribution >= 4 is 32.7 Å². The second-order valence-corrected chi connectivity index (χ2v) is 9.57. The van der Waals surface area contributed by atoms with Gasteiger partial charge >= 0.3 is 5.69 Å². The van der Waals surface area contributed by atoms with Gasteiger partial charge in [0.05, 0.1) is 35.3 Å². The van der Waals surface area contributed by atoms with Crippen LogP contribution in [-0.2, 0) is 24.1 Å². The van der Waals surface area contributed by atoms with Crippen LogP contribution in [0, 0.1) is 0 Å². The molecule has 0 atom stereocenters.